The quantitative estimate of drug-likeness (QED) is 0.352. The Balaban J connectivity index is 2.09. The largest absolute Gasteiger partial charge is 0.495 e. The van der Waals surface area contributed by atoms with E-state index in [-0.39, 0.29) is 11.9 Å². The van der Waals surface area contributed by atoms with Gasteiger partial charge in [-0.3, -0.25) is 14.3 Å². The third-order valence-electron chi connectivity index (χ3n) is 5.28. The molecule has 8 heteroatoms. The van der Waals surface area contributed by atoms with Crippen LogP contribution < -0.4 is 10.1 Å². The molecule has 1 unspecified atom stereocenters. The van der Waals surface area contributed by atoms with E-state index in [1.807, 2.05) is 37.7 Å². The molecule has 1 atom stereocenters. The van der Waals surface area contributed by atoms with Gasteiger partial charge in [-0.25, -0.2) is 0 Å². The molecule has 0 bridgehead atoms. The number of nitrogens with one attached hydrogen (secondary N) is 1. The number of rotatable bonds is 13. The lowest BCUT2D eigenvalue weighted by atomic mass is 9.97. The van der Waals surface area contributed by atoms with Crippen molar-refractivity contribution in [2.75, 3.05) is 27.4 Å². The van der Waals surface area contributed by atoms with Crippen molar-refractivity contribution in [3.05, 3.63) is 23.9 Å². The van der Waals surface area contributed by atoms with Crippen molar-refractivity contribution in [3.63, 3.8) is 0 Å². The summed E-state index contributed by atoms with van der Waals surface area (Å²) in [6, 6.07) is 3.59. The van der Waals surface area contributed by atoms with Crippen LogP contribution in [0, 0.1) is 5.92 Å². The molecular formula is C25H39N3O5. The number of aromatic nitrogens is 2. The monoisotopic (exact) mass is 461 g/mol. The molecule has 0 aliphatic carbocycles. The maximum Gasteiger partial charge on any atom is 0.306 e. The highest BCUT2D eigenvalue weighted by atomic mass is 16.6. The highest BCUT2D eigenvalue weighted by molar-refractivity contribution is 6.03. The van der Waals surface area contributed by atoms with Crippen molar-refractivity contribution in [1.82, 2.24) is 15.1 Å². The van der Waals surface area contributed by atoms with Crippen LogP contribution in [0.1, 0.15) is 70.2 Å². The number of amides is 1. The molecule has 184 valence electrons. The number of nitrogens with zero attached hydrogens (tertiary/aromatic N) is 2. The second-order valence-electron chi connectivity index (χ2n) is 9.31. The molecule has 0 saturated heterocycles. The summed E-state index contributed by atoms with van der Waals surface area (Å²) in [5, 5.41) is 8.34. The fraction of sp³-hybridized carbons (Fsp3) is 0.640. The molecule has 1 heterocycles. The zero-order chi connectivity index (χ0) is 24.4. The number of carbonyl (C=O) groups is 2. The van der Waals surface area contributed by atoms with Gasteiger partial charge < -0.3 is 19.5 Å². The Bertz CT molecular complexity index is 917. The number of carbonyl (C=O) groups excluding carboxylic acids is 2. The van der Waals surface area contributed by atoms with Crippen molar-refractivity contribution < 1.29 is 23.8 Å². The Hall–Kier alpha value is -2.61. The SMILES string of the molecule is CCCC(CCCC(=O)OC(C)(C)C)Cn1cc2c(OC)c(C(=O)NCCOC)ccc2n1. The number of methoxy groups -OCH3 is 2. The van der Waals surface area contributed by atoms with E-state index in [0.717, 1.165) is 43.1 Å². The molecular weight excluding hydrogens is 422 g/mol. The van der Waals surface area contributed by atoms with Crippen molar-refractivity contribution in [1.29, 1.82) is 0 Å². The molecule has 2 aromatic rings. The van der Waals surface area contributed by atoms with E-state index in [4.69, 9.17) is 19.3 Å². The number of hydrogen-bond acceptors (Lipinski definition) is 6. The van der Waals surface area contributed by atoms with Crippen LogP contribution >= 0.6 is 0 Å². The molecule has 1 N–H and O–H groups in total. The van der Waals surface area contributed by atoms with Gasteiger partial charge in [-0.15, -0.1) is 0 Å². The molecule has 8 nitrogen and oxygen atoms in total. The van der Waals surface area contributed by atoms with E-state index in [1.165, 1.54) is 0 Å². The summed E-state index contributed by atoms with van der Waals surface area (Å²) in [4.78, 5) is 24.6. The maximum absolute atomic E-state index is 12.6. The van der Waals surface area contributed by atoms with E-state index in [1.54, 1.807) is 20.3 Å². The van der Waals surface area contributed by atoms with Crippen LogP contribution in [-0.2, 0) is 20.8 Å². The molecule has 0 saturated carbocycles. The summed E-state index contributed by atoms with van der Waals surface area (Å²) in [5.41, 5.74) is 0.806. The highest BCUT2D eigenvalue weighted by Crippen LogP contribution is 2.30. The first-order valence-electron chi connectivity index (χ1n) is 11.7. The Labute approximate surface area is 197 Å². The van der Waals surface area contributed by atoms with Crippen LogP contribution in [-0.4, -0.2) is 54.6 Å². The van der Waals surface area contributed by atoms with Gasteiger partial charge >= 0.3 is 5.97 Å². The molecule has 0 fully saturated rings. The zero-order valence-corrected chi connectivity index (χ0v) is 20.9. The lowest BCUT2D eigenvalue weighted by molar-refractivity contribution is -0.155. The Kier molecular flexibility index (Phi) is 10.2. The average molecular weight is 462 g/mol. The average Bonchev–Trinajstić information content (AvgIpc) is 3.14. The van der Waals surface area contributed by atoms with Gasteiger partial charge in [-0.05, 0) is 58.1 Å². The van der Waals surface area contributed by atoms with Gasteiger partial charge in [0.25, 0.3) is 5.91 Å². The molecule has 1 aromatic heterocycles. The molecule has 33 heavy (non-hydrogen) atoms. The smallest absolute Gasteiger partial charge is 0.306 e. The van der Waals surface area contributed by atoms with E-state index >= 15 is 0 Å². The van der Waals surface area contributed by atoms with E-state index in [9.17, 15) is 9.59 Å². The Morgan fingerprint density at radius 1 is 1.18 bits per heavy atom. The highest BCUT2D eigenvalue weighted by Gasteiger charge is 2.19. The number of hydrogen-bond donors (Lipinski definition) is 1. The standard InChI is InChI=1S/C25H39N3O5/c1-7-9-18(10-8-11-22(29)33-25(2,3)4)16-28-17-20-21(27-28)13-12-19(23(20)32-6)24(30)26-14-15-31-5/h12-13,17-18H,7-11,14-16H2,1-6H3,(H,26,30). The zero-order valence-electron chi connectivity index (χ0n) is 20.9. The summed E-state index contributed by atoms with van der Waals surface area (Å²) >= 11 is 0. The molecule has 1 aromatic carbocycles. The summed E-state index contributed by atoms with van der Waals surface area (Å²) in [7, 11) is 3.16. The van der Waals surface area contributed by atoms with E-state index in [2.05, 4.69) is 12.2 Å². The normalized spacial score (nSPS) is 12.5. The second kappa shape index (κ2) is 12.6. The lowest BCUT2D eigenvalue weighted by Gasteiger charge is -2.20. The molecule has 0 aliphatic rings. The van der Waals surface area contributed by atoms with Crippen LogP contribution in [0.4, 0.5) is 0 Å². The minimum atomic E-state index is -0.451. The number of ether oxygens (including phenoxy) is 3. The third-order valence-corrected chi connectivity index (χ3v) is 5.28. The van der Waals surface area contributed by atoms with E-state index < -0.39 is 5.60 Å². The first-order valence-corrected chi connectivity index (χ1v) is 11.7. The topological polar surface area (TPSA) is 91.7 Å². The summed E-state index contributed by atoms with van der Waals surface area (Å²) in [6.07, 6.45) is 6.19. The van der Waals surface area contributed by atoms with E-state index in [0.29, 0.717) is 36.8 Å². The van der Waals surface area contributed by atoms with Gasteiger partial charge in [-0.1, -0.05) is 13.3 Å². The first-order chi connectivity index (χ1) is 15.7. The van der Waals surface area contributed by atoms with Crippen molar-refractivity contribution in [2.45, 2.75) is 71.9 Å². The fourth-order valence-corrected chi connectivity index (χ4v) is 3.90. The summed E-state index contributed by atoms with van der Waals surface area (Å²) in [6.45, 7) is 9.44. The van der Waals surface area contributed by atoms with Gasteiger partial charge in [-0.2, -0.15) is 5.10 Å². The molecule has 0 aliphatic heterocycles. The number of fused-ring (bicyclic) bond motifs is 1. The maximum atomic E-state index is 12.6. The molecule has 1 amide bonds. The molecule has 0 spiro atoms. The van der Waals surface area contributed by atoms with Crippen LogP contribution in [0.3, 0.4) is 0 Å². The van der Waals surface area contributed by atoms with Crippen LogP contribution in [0.2, 0.25) is 0 Å². The Morgan fingerprint density at radius 3 is 2.58 bits per heavy atom. The summed E-state index contributed by atoms with van der Waals surface area (Å²) < 4.78 is 17.9. The van der Waals surface area contributed by atoms with Crippen LogP contribution in [0.25, 0.3) is 10.9 Å². The minimum Gasteiger partial charge on any atom is -0.495 e. The van der Waals surface area contributed by atoms with Crippen LogP contribution in [0.15, 0.2) is 18.3 Å². The van der Waals surface area contributed by atoms with Gasteiger partial charge in [0.1, 0.15) is 11.4 Å². The molecule has 0 radical (unpaired) electrons. The fourth-order valence-electron chi connectivity index (χ4n) is 3.90. The first kappa shape index (κ1) is 26.6. The minimum absolute atomic E-state index is 0.149. The number of esters is 1. The predicted molar refractivity (Wildman–Crippen MR) is 129 cm³/mol. The predicted octanol–water partition coefficient (Wildman–Crippen LogP) is 4.35. The number of benzene rings is 1. The van der Waals surface area contributed by atoms with Crippen molar-refractivity contribution in [3.8, 4) is 5.75 Å². The van der Waals surface area contributed by atoms with Gasteiger partial charge in [0.2, 0.25) is 0 Å². The lowest BCUT2D eigenvalue weighted by Crippen LogP contribution is -2.27. The van der Waals surface area contributed by atoms with Gasteiger partial charge in [0.05, 0.1) is 30.2 Å². The second-order valence-corrected chi connectivity index (χ2v) is 9.31. The Morgan fingerprint density at radius 2 is 1.94 bits per heavy atom. The third kappa shape index (κ3) is 8.35. The van der Waals surface area contributed by atoms with Gasteiger partial charge in [0, 0.05) is 32.8 Å². The van der Waals surface area contributed by atoms with Crippen LogP contribution in [0.5, 0.6) is 5.75 Å². The van der Waals surface area contributed by atoms with Crippen molar-refractivity contribution >= 4 is 22.8 Å². The summed E-state index contributed by atoms with van der Waals surface area (Å²) in [5.74, 6) is 0.563. The van der Waals surface area contributed by atoms with Crippen molar-refractivity contribution in [2.24, 2.45) is 5.92 Å². The van der Waals surface area contributed by atoms with Gasteiger partial charge in [0.15, 0.2) is 0 Å². The molecule has 2 rings (SSSR count).